The summed E-state index contributed by atoms with van der Waals surface area (Å²) in [5, 5.41) is 0. The average Bonchev–Trinajstić information content (AvgIpc) is 2.22. The van der Waals surface area contributed by atoms with Crippen LogP contribution in [-0.4, -0.2) is 20.2 Å². The molecule has 0 spiro atoms. The fourth-order valence-electron chi connectivity index (χ4n) is 1.75. The average molecular weight is 249 g/mol. The molecular weight excluding hydrogens is 222 g/mol. The Morgan fingerprint density at radius 1 is 1.00 bits per heavy atom. The van der Waals surface area contributed by atoms with Gasteiger partial charge >= 0.3 is 0 Å². The van der Waals surface area contributed by atoms with E-state index in [2.05, 4.69) is 11.6 Å². The van der Waals surface area contributed by atoms with E-state index in [4.69, 9.17) is 0 Å². The minimum Gasteiger partial charge on any atom is -0.212 e. The highest BCUT2D eigenvalue weighted by Gasteiger charge is 2.14. The van der Waals surface area contributed by atoms with Gasteiger partial charge in [-0.2, -0.15) is 0 Å². The van der Waals surface area contributed by atoms with Gasteiger partial charge < -0.3 is 0 Å². The molecule has 0 heterocycles. The van der Waals surface area contributed by atoms with E-state index in [0.29, 0.717) is 6.42 Å². The van der Waals surface area contributed by atoms with Crippen LogP contribution in [0, 0.1) is 0 Å². The molecule has 0 rings (SSSR count). The second-order valence-corrected chi connectivity index (χ2v) is 6.26. The number of rotatable bonds is 10. The lowest BCUT2D eigenvalue weighted by molar-refractivity contribution is 0.490. The molecule has 0 saturated carbocycles. The number of sulfonamides is 1. The van der Waals surface area contributed by atoms with Crippen molar-refractivity contribution < 1.29 is 8.42 Å². The largest absolute Gasteiger partial charge is 0.212 e. The molecule has 0 bridgehead atoms. The van der Waals surface area contributed by atoms with Crippen LogP contribution in [0.2, 0.25) is 0 Å². The van der Waals surface area contributed by atoms with E-state index in [1.54, 1.807) is 0 Å². The Morgan fingerprint density at radius 3 is 2.19 bits per heavy atom. The zero-order chi connectivity index (χ0) is 12.4. The van der Waals surface area contributed by atoms with Crippen LogP contribution in [0.3, 0.4) is 0 Å². The van der Waals surface area contributed by atoms with Crippen molar-refractivity contribution in [2.24, 2.45) is 0 Å². The summed E-state index contributed by atoms with van der Waals surface area (Å²) >= 11 is 0. The Balaban J connectivity index is 3.91. The van der Waals surface area contributed by atoms with Crippen molar-refractivity contribution in [2.45, 2.75) is 71.8 Å². The highest BCUT2D eigenvalue weighted by Crippen LogP contribution is 2.09. The van der Waals surface area contributed by atoms with Crippen molar-refractivity contribution in [1.29, 1.82) is 0 Å². The number of hydrogen-bond donors (Lipinski definition) is 1. The molecule has 0 fully saturated rings. The molecular formula is C12H27NO2S. The number of nitrogens with one attached hydrogen (secondary N) is 1. The van der Waals surface area contributed by atoms with Crippen molar-refractivity contribution in [3.05, 3.63) is 0 Å². The van der Waals surface area contributed by atoms with Crippen LogP contribution in [0.1, 0.15) is 65.7 Å². The molecule has 4 heteroatoms. The van der Waals surface area contributed by atoms with E-state index in [-0.39, 0.29) is 11.8 Å². The van der Waals surface area contributed by atoms with Gasteiger partial charge in [0.05, 0.1) is 5.75 Å². The SMILES string of the molecule is CCCCCCC(CC)NS(=O)(=O)CCC. The van der Waals surface area contributed by atoms with Gasteiger partial charge in [0, 0.05) is 6.04 Å². The topological polar surface area (TPSA) is 46.2 Å². The zero-order valence-corrected chi connectivity index (χ0v) is 11.8. The van der Waals surface area contributed by atoms with Crippen LogP contribution < -0.4 is 4.72 Å². The van der Waals surface area contributed by atoms with E-state index >= 15 is 0 Å². The van der Waals surface area contributed by atoms with Crippen LogP contribution in [0.25, 0.3) is 0 Å². The molecule has 0 amide bonds. The summed E-state index contributed by atoms with van der Waals surface area (Å²) in [6.45, 7) is 6.11. The Labute approximate surface area is 101 Å². The first-order valence-corrected chi connectivity index (χ1v) is 8.20. The molecule has 0 aliphatic heterocycles. The third-order valence-electron chi connectivity index (χ3n) is 2.72. The Morgan fingerprint density at radius 2 is 1.69 bits per heavy atom. The van der Waals surface area contributed by atoms with Crippen molar-refractivity contribution in [3.63, 3.8) is 0 Å². The van der Waals surface area contributed by atoms with Gasteiger partial charge in [-0.3, -0.25) is 0 Å². The lowest BCUT2D eigenvalue weighted by Crippen LogP contribution is -2.35. The monoisotopic (exact) mass is 249 g/mol. The molecule has 0 saturated heterocycles. The molecule has 0 aromatic heterocycles. The fourth-order valence-corrected chi connectivity index (χ4v) is 3.19. The molecule has 0 aromatic carbocycles. The van der Waals surface area contributed by atoms with Crippen LogP contribution in [0.5, 0.6) is 0 Å². The first kappa shape index (κ1) is 15.9. The smallest absolute Gasteiger partial charge is 0.211 e. The maximum absolute atomic E-state index is 11.6. The Kier molecular flexibility index (Phi) is 8.94. The number of unbranched alkanes of at least 4 members (excludes halogenated alkanes) is 3. The first-order valence-electron chi connectivity index (χ1n) is 6.55. The van der Waals surface area contributed by atoms with E-state index in [9.17, 15) is 8.42 Å². The molecule has 0 aromatic rings. The van der Waals surface area contributed by atoms with Crippen LogP contribution >= 0.6 is 0 Å². The third-order valence-corrected chi connectivity index (χ3v) is 4.36. The summed E-state index contributed by atoms with van der Waals surface area (Å²) in [5.41, 5.74) is 0. The van der Waals surface area contributed by atoms with Crippen molar-refractivity contribution in [3.8, 4) is 0 Å². The summed E-state index contributed by atoms with van der Waals surface area (Å²) in [5.74, 6) is 0.248. The zero-order valence-electron chi connectivity index (χ0n) is 11.0. The lowest BCUT2D eigenvalue weighted by Gasteiger charge is -2.16. The minimum atomic E-state index is -3.04. The first-order chi connectivity index (χ1) is 7.55. The number of hydrogen-bond acceptors (Lipinski definition) is 2. The van der Waals surface area contributed by atoms with E-state index < -0.39 is 10.0 Å². The predicted octanol–water partition coefficient (Wildman–Crippen LogP) is 3.06. The van der Waals surface area contributed by atoms with Crippen LogP contribution in [0.15, 0.2) is 0 Å². The van der Waals surface area contributed by atoms with Crippen molar-refractivity contribution in [2.75, 3.05) is 5.75 Å². The third kappa shape index (κ3) is 8.11. The van der Waals surface area contributed by atoms with Gasteiger partial charge in [0.15, 0.2) is 0 Å². The van der Waals surface area contributed by atoms with Crippen molar-refractivity contribution >= 4 is 10.0 Å². The maximum Gasteiger partial charge on any atom is 0.211 e. The molecule has 1 N–H and O–H groups in total. The molecule has 3 nitrogen and oxygen atoms in total. The molecule has 0 aliphatic carbocycles. The van der Waals surface area contributed by atoms with Crippen LogP contribution in [0.4, 0.5) is 0 Å². The van der Waals surface area contributed by atoms with Gasteiger partial charge in [0.1, 0.15) is 0 Å². The highest BCUT2D eigenvalue weighted by atomic mass is 32.2. The van der Waals surface area contributed by atoms with Gasteiger partial charge in [0.25, 0.3) is 0 Å². The van der Waals surface area contributed by atoms with E-state index in [1.807, 2.05) is 13.8 Å². The molecule has 1 unspecified atom stereocenters. The summed E-state index contributed by atoms with van der Waals surface area (Å²) in [6, 6.07) is 0.133. The summed E-state index contributed by atoms with van der Waals surface area (Å²) < 4.78 is 25.9. The molecule has 1 atom stereocenters. The second kappa shape index (κ2) is 8.99. The highest BCUT2D eigenvalue weighted by molar-refractivity contribution is 7.89. The quantitative estimate of drug-likeness (QED) is 0.605. The second-order valence-electron chi connectivity index (χ2n) is 4.39. The predicted molar refractivity (Wildman–Crippen MR) is 70.1 cm³/mol. The fraction of sp³-hybridized carbons (Fsp3) is 1.00. The summed E-state index contributed by atoms with van der Waals surface area (Å²) in [6.07, 6.45) is 7.34. The normalized spacial score (nSPS) is 13.9. The van der Waals surface area contributed by atoms with Gasteiger partial charge in [-0.25, -0.2) is 13.1 Å². The molecule has 0 aliphatic rings. The maximum atomic E-state index is 11.6. The van der Waals surface area contributed by atoms with Gasteiger partial charge in [-0.15, -0.1) is 0 Å². The minimum absolute atomic E-state index is 0.133. The summed E-state index contributed by atoms with van der Waals surface area (Å²) in [7, 11) is -3.04. The van der Waals surface area contributed by atoms with E-state index in [0.717, 1.165) is 19.3 Å². The Bertz CT molecular complexity index is 250. The van der Waals surface area contributed by atoms with Crippen LogP contribution in [-0.2, 0) is 10.0 Å². The summed E-state index contributed by atoms with van der Waals surface area (Å²) in [4.78, 5) is 0. The molecule has 0 radical (unpaired) electrons. The standard InChI is InChI=1S/C12H27NO2S/c1-4-7-8-9-10-12(6-3)13-16(14,15)11-5-2/h12-13H,4-11H2,1-3H3. The molecule has 98 valence electrons. The van der Waals surface area contributed by atoms with Gasteiger partial charge in [0.2, 0.25) is 10.0 Å². The Hall–Kier alpha value is -0.0900. The van der Waals surface area contributed by atoms with Gasteiger partial charge in [-0.05, 0) is 19.3 Å². The molecule has 16 heavy (non-hydrogen) atoms. The van der Waals surface area contributed by atoms with Gasteiger partial charge in [-0.1, -0.05) is 46.5 Å². The lowest BCUT2D eigenvalue weighted by atomic mass is 10.1. The van der Waals surface area contributed by atoms with E-state index in [1.165, 1.54) is 19.3 Å². The van der Waals surface area contributed by atoms with Crippen molar-refractivity contribution in [1.82, 2.24) is 4.72 Å².